The average molecular weight is 499 g/mol. The molecule has 34 heavy (non-hydrogen) atoms. The van der Waals surface area contributed by atoms with Crippen LogP contribution in [0.15, 0.2) is 77.7 Å². The smallest absolute Gasteiger partial charge is 0.253 e. The van der Waals surface area contributed by atoms with Crippen LogP contribution >= 0.6 is 11.6 Å². The Labute approximate surface area is 205 Å². The number of carbonyl (C=O) groups excluding carboxylic acids is 1. The molecule has 178 valence electrons. The van der Waals surface area contributed by atoms with Gasteiger partial charge in [-0.05, 0) is 48.0 Å². The van der Waals surface area contributed by atoms with Gasteiger partial charge in [0.1, 0.15) is 5.75 Å². The van der Waals surface area contributed by atoms with Crippen LogP contribution in [-0.4, -0.2) is 57.4 Å². The van der Waals surface area contributed by atoms with Gasteiger partial charge in [-0.3, -0.25) is 9.69 Å². The number of ether oxygens (including phenoxy) is 1. The second-order valence-corrected chi connectivity index (χ2v) is 10.7. The first-order valence-electron chi connectivity index (χ1n) is 11.1. The monoisotopic (exact) mass is 498 g/mol. The molecule has 1 aliphatic heterocycles. The Morgan fingerprint density at radius 1 is 0.941 bits per heavy atom. The van der Waals surface area contributed by atoms with E-state index in [1.54, 1.807) is 61.7 Å². The molecule has 6 nitrogen and oxygen atoms in total. The predicted octanol–water partition coefficient (Wildman–Crippen LogP) is 4.28. The summed E-state index contributed by atoms with van der Waals surface area (Å²) in [5, 5.41) is 0.671. The zero-order chi connectivity index (χ0) is 24.1. The maximum atomic E-state index is 13.0. The maximum Gasteiger partial charge on any atom is 0.253 e. The summed E-state index contributed by atoms with van der Waals surface area (Å²) in [5.41, 5.74) is 2.24. The molecule has 0 unspecified atom stereocenters. The van der Waals surface area contributed by atoms with Crippen molar-refractivity contribution in [2.24, 2.45) is 0 Å². The molecule has 1 heterocycles. The third kappa shape index (κ3) is 5.78. The Kier molecular flexibility index (Phi) is 7.56. The molecule has 0 radical (unpaired) electrons. The fourth-order valence-electron chi connectivity index (χ4n) is 4.08. The van der Waals surface area contributed by atoms with Gasteiger partial charge in [0, 0.05) is 48.9 Å². The van der Waals surface area contributed by atoms with Crippen molar-refractivity contribution in [1.82, 2.24) is 9.80 Å². The largest absolute Gasteiger partial charge is 0.496 e. The van der Waals surface area contributed by atoms with E-state index in [0.717, 1.165) is 24.4 Å². The summed E-state index contributed by atoms with van der Waals surface area (Å²) in [7, 11) is -1.78. The number of nitrogens with zero attached hydrogens (tertiary/aromatic N) is 2. The Bertz CT molecular complexity index is 1240. The number of methoxy groups -OCH3 is 1. The van der Waals surface area contributed by atoms with E-state index in [9.17, 15) is 13.2 Å². The molecule has 1 fully saturated rings. The van der Waals surface area contributed by atoms with Crippen LogP contribution in [0.5, 0.6) is 5.75 Å². The van der Waals surface area contributed by atoms with Crippen LogP contribution in [0.2, 0.25) is 5.02 Å². The quantitative estimate of drug-likeness (QED) is 0.486. The van der Waals surface area contributed by atoms with Crippen molar-refractivity contribution in [2.75, 3.05) is 33.3 Å². The molecule has 0 bridgehead atoms. The lowest BCUT2D eigenvalue weighted by atomic mass is 10.1. The lowest BCUT2D eigenvalue weighted by molar-refractivity contribution is 0.0627. The fourth-order valence-corrected chi connectivity index (χ4v) is 5.64. The third-order valence-electron chi connectivity index (χ3n) is 5.96. The number of rotatable bonds is 7. The van der Waals surface area contributed by atoms with E-state index < -0.39 is 9.84 Å². The maximum absolute atomic E-state index is 13.0. The van der Waals surface area contributed by atoms with Gasteiger partial charge in [0.25, 0.3) is 5.91 Å². The van der Waals surface area contributed by atoms with Crippen molar-refractivity contribution < 1.29 is 17.9 Å². The Balaban J connectivity index is 1.34. The summed E-state index contributed by atoms with van der Waals surface area (Å²) >= 11 is 6.14. The number of halogens is 1. The number of piperazine rings is 1. The van der Waals surface area contributed by atoms with Crippen molar-refractivity contribution >= 4 is 27.3 Å². The number of benzene rings is 3. The highest BCUT2D eigenvalue weighted by molar-refractivity contribution is 7.90. The van der Waals surface area contributed by atoms with Crippen molar-refractivity contribution in [1.29, 1.82) is 0 Å². The van der Waals surface area contributed by atoms with E-state index in [1.165, 1.54) is 0 Å². The fraction of sp³-hybridized carbons (Fsp3) is 0.269. The number of sulfone groups is 1. The van der Waals surface area contributed by atoms with Crippen LogP contribution in [-0.2, 0) is 22.1 Å². The minimum Gasteiger partial charge on any atom is -0.496 e. The van der Waals surface area contributed by atoms with E-state index >= 15 is 0 Å². The first kappa shape index (κ1) is 24.3. The van der Waals surface area contributed by atoms with Gasteiger partial charge in [0.2, 0.25) is 0 Å². The molecule has 1 amide bonds. The van der Waals surface area contributed by atoms with Gasteiger partial charge in [-0.1, -0.05) is 41.9 Å². The Morgan fingerprint density at radius 2 is 1.62 bits per heavy atom. The molecule has 3 aromatic carbocycles. The second kappa shape index (κ2) is 10.6. The van der Waals surface area contributed by atoms with E-state index in [2.05, 4.69) is 4.90 Å². The van der Waals surface area contributed by atoms with Gasteiger partial charge < -0.3 is 9.64 Å². The van der Waals surface area contributed by atoms with Crippen LogP contribution in [0.1, 0.15) is 21.5 Å². The molecule has 0 aliphatic carbocycles. The first-order valence-corrected chi connectivity index (χ1v) is 13.1. The standard InChI is InChI=1S/C26H27ClN2O4S/c1-33-25-12-11-23(27)17-22(25)18-28-13-15-29(16-14-28)26(30)21-9-7-20(8-10-21)19-34(31,32)24-5-3-2-4-6-24/h2-12,17H,13-16,18-19H2,1H3. The molecule has 4 rings (SSSR count). The third-order valence-corrected chi connectivity index (χ3v) is 7.89. The van der Waals surface area contributed by atoms with Crippen molar-refractivity contribution in [3.8, 4) is 5.75 Å². The minimum absolute atomic E-state index is 0.0440. The minimum atomic E-state index is -3.42. The molecule has 8 heteroatoms. The summed E-state index contributed by atoms with van der Waals surface area (Å²) in [4.78, 5) is 17.4. The molecule has 0 N–H and O–H groups in total. The summed E-state index contributed by atoms with van der Waals surface area (Å²) in [6, 6.07) is 20.8. The molecule has 0 saturated carbocycles. The Hall–Kier alpha value is -2.87. The number of hydrogen-bond acceptors (Lipinski definition) is 5. The average Bonchev–Trinajstić information content (AvgIpc) is 2.85. The van der Waals surface area contributed by atoms with Crippen LogP contribution < -0.4 is 4.74 Å². The van der Waals surface area contributed by atoms with Crippen molar-refractivity contribution in [2.45, 2.75) is 17.2 Å². The molecule has 0 aromatic heterocycles. The SMILES string of the molecule is COc1ccc(Cl)cc1CN1CCN(C(=O)c2ccc(CS(=O)(=O)c3ccccc3)cc2)CC1. The molecule has 1 saturated heterocycles. The highest BCUT2D eigenvalue weighted by atomic mass is 35.5. The molecule has 3 aromatic rings. The van der Waals surface area contributed by atoms with Gasteiger partial charge in [-0.25, -0.2) is 8.42 Å². The van der Waals surface area contributed by atoms with Crippen LogP contribution in [0.25, 0.3) is 0 Å². The van der Waals surface area contributed by atoms with Gasteiger partial charge in [-0.2, -0.15) is 0 Å². The first-order chi connectivity index (χ1) is 16.4. The van der Waals surface area contributed by atoms with E-state index in [-0.39, 0.29) is 11.7 Å². The molecule has 1 aliphatic rings. The molecule has 0 atom stereocenters. The van der Waals surface area contributed by atoms with Gasteiger partial charge in [-0.15, -0.1) is 0 Å². The predicted molar refractivity (Wildman–Crippen MR) is 133 cm³/mol. The van der Waals surface area contributed by atoms with Crippen LogP contribution in [0.4, 0.5) is 0 Å². The highest BCUT2D eigenvalue weighted by Gasteiger charge is 2.23. The van der Waals surface area contributed by atoms with Crippen LogP contribution in [0.3, 0.4) is 0 Å². The molecule has 0 spiro atoms. The lowest BCUT2D eigenvalue weighted by Gasteiger charge is -2.35. The zero-order valence-corrected chi connectivity index (χ0v) is 20.6. The highest BCUT2D eigenvalue weighted by Crippen LogP contribution is 2.25. The lowest BCUT2D eigenvalue weighted by Crippen LogP contribution is -2.48. The van der Waals surface area contributed by atoms with E-state index in [1.807, 2.05) is 23.1 Å². The van der Waals surface area contributed by atoms with Crippen molar-refractivity contribution in [3.63, 3.8) is 0 Å². The molecular weight excluding hydrogens is 472 g/mol. The summed E-state index contributed by atoms with van der Waals surface area (Å²) < 4.78 is 30.6. The summed E-state index contributed by atoms with van der Waals surface area (Å²) in [6.45, 7) is 3.43. The van der Waals surface area contributed by atoms with Crippen molar-refractivity contribution in [3.05, 3.63) is 94.5 Å². The summed E-state index contributed by atoms with van der Waals surface area (Å²) in [5.74, 6) is 0.659. The van der Waals surface area contributed by atoms with E-state index in [0.29, 0.717) is 40.7 Å². The van der Waals surface area contributed by atoms with E-state index in [4.69, 9.17) is 16.3 Å². The topological polar surface area (TPSA) is 66.9 Å². The number of carbonyl (C=O) groups is 1. The normalized spacial score (nSPS) is 14.7. The van der Waals surface area contributed by atoms with Gasteiger partial charge in [0.15, 0.2) is 9.84 Å². The van der Waals surface area contributed by atoms with Gasteiger partial charge >= 0.3 is 0 Å². The van der Waals surface area contributed by atoms with Gasteiger partial charge in [0.05, 0.1) is 17.8 Å². The summed E-state index contributed by atoms with van der Waals surface area (Å²) in [6.07, 6.45) is 0. The van der Waals surface area contributed by atoms with Crippen LogP contribution in [0, 0.1) is 0 Å². The second-order valence-electron chi connectivity index (χ2n) is 8.29. The Morgan fingerprint density at radius 3 is 2.26 bits per heavy atom. The number of amides is 1. The zero-order valence-electron chi connectivity index (χ0n) is 19.0. The number of hydrogen-bond donors (Lipinski definition) is 0. The molecular formula is C26H27ClN2O4S.